The quantitative estimate of drug-likeness (QED) is 0.727. The Hall–Kier alpha value is -1.69. The molecule has 5 nitrogen and oxygen atoms in total. The third kappa shape index (κ3) is 4.17. The van der Waals surface area contributed by atoms with E-state index in [1.165, 1.54) is 0 Å². The van der Waals surface area contributed by atoms with Gasteiger partial charge < -0.3 is 9.47 Å². The lowest BCUT2D eigenvalue weighted by Crippen LogP contribution is -2.02. The summed E-state index contributed by atoms with van der Waals surface area (Å²) in [5.74, 6) is 4.44. The standard InChI is InChI=1S/C13H17N3O2S/c1-16-13(14-10-15-16)9-19-8-7-18-12-5-3-11(17-2)4-6-12/h3-6,10H,7-9H2,1-2H3. The molecule has 0 N–H and O–H groups in total. The molecule has 1 aromatic heterocycles. The molecule has 6 heteroatoms. The number of nitrogens with zero attached hydrogens (tertiary/aromatic N) is 3. The average Bonchev–Trinajstić information content (AvgIpc) is 2.85. The topological polar surface area (TPSA) is 49.2 Å². The molecule has 1 heterocycles. The van der Waals surface area contributed by atoms with Crippen LogP contribution in [0, 0.1) is 0 Å². The summed E-state index contributed by atoms with van der Waals surface area (Å²) < 4.78 is 12.5. The van der Waals surface area contributed by atoms with Crippen molar-refractivity contribution in [1.82, 2.24) is 14.8 Å². The first-order valence-electron chi connectivity index (χ1n) is 5.97. The van der Waals surface area contributed by atoms with Crippen molar-refractivity contribution >= 4 is 11.8 Å². The minimum atomic E-state index is 0.675. The van der Waals surface area contributed by atoms with Crippen LogP contribution in [0.15, 0.2) is 30.6 Å². The van der Waals surface area contributed by atoms with E-state index in [0.29, 0.717) is 6.61 Å². The molecule has 0 saturated carbocycles. The molecule has 0 spiro atoms. The zero-order valence-electron chi connectivity index (χ0n) is 11.1. The fraction of sp³-hybridized carbons (Fsp3) is 0.385. The van der Waals surface area contributed by atoms with Gasteiger partial charge in [0.1, 0.15) is 23.7 Å². The third-order valence-corrected chi connectivity index (χ3v) is 3.51. The largest absolute Gasteiger partial charge is 0.497 e. The van der Waals surface area contributed by atoms with E-state index in [1.807, 2.05) is 31.3 Å². The molecular formula is C13H17N3O2S. The van der Waals surface area contributed by atoms with Crippen LogP contribution in [0.2, 0.25) is 0 Å². The molecule has 102 valence electrons. The zero-order chi connectivity index (χ0) is 13.5. The molecule has 0 amide bonds. The molecule has 0 aliphatic carbocycles. The van der Waals surface area contributed by atoms with Crippen LogP contribution in [0.25, 0.3) is 0 Å². The summed E-state index contributed by atoms with van der Waals surface area (Å²) in [6, 6.07) is 7.60. The van der Waals surface area contributed by atoms with Crippen molar-refractivity contribution < 1.29 is 9.47 Å². The van der Waals surface area contributed by atoms with Crippen molar-refractivity contribution in [2.75, 3.05) is 19.5 Å². The van der Waals surface area contributed by atoms with Gasteiger partial charge in [-0.25, -0.2) is 4.98 Å². The Balaban J connectivity index is 1.65. The molecule has 2 aromatic rings. The average molecular weight is 279 g/mol. The molecule has 0 aliphatic heterocycles. The van der Waals surface area contributed by atoms with Gasteiger partial charge in [0, 0.05) is 12.8 Å². The van der Waals surface area contributed by atoms with E-state index < -0.39 is 0 Å². The molecule has 19 heavy (non-hydrogen) atoms. The summed E-state index contributed by atoms with van der Waals surface area (Å²) in [5, 5.41) is 4.03. The van der Waals surface area contributed by atoms with Crippen molar-refractivity contribution in [3.63, 3.8) is 0 Å². The summed E-state index contributed by atoms with van der Waals surface area (Å²) in [6.07, 6.45) is 1.57. The number of benzene rings is 1. The number of aromatic nitrogens is 3. The molecule has 0 bridgehead atoms. The third-order valence-electron chi connectivity index (χ3n) is 2.59. The highest BCUT2D eigenvalue weighted by molar-refractivity contribution is 7.98. The van der Waals surface area contributed by atoms with Gasteiger partial charge in [-0.15, -0.1) is 0 Å². The first-order valence-corrected chi connectivity index (χ1v) is 7.12. The first-order chi connectivity index (χ1) is 9.29. The Morgan fingerprint density at radius 3 is 2.58 bits per heavy atom. The predicted octanol–water partition coefficient (Wildman–Crippen LogP) is 2.14. The van der Waals surface area contributed by atoms with E-state index in [-0.39, 0.29) is 0 Å². The molecule has 2 rings (SSSR count). The number of thioether (sulfide) groups is 1. The van der Waals surface area contributed by atoms with Crippen molar-refractivity contribution in [1.29, 1.82) is 0 Å². The lowest BCUT2D eigenvalue weighted by Gasteiger charge is -2.06. The molecular weight excluding hydrogens is 262 g/mol. The smallest absolute Gasteiger partial charge is 0.138 e. The number of aryl methyl sites for hydroxylation is 1. The van der Waals surface area contributed by atoms with E-state index in [1.54, 1.807) is 29.9 Å². The van der Waals surface area contributed by atoms with Crippen molar-refractivity contribution in [3.05, 3.63) is 36.4 Å². The first kappa shape index (κ1) is 13.7. The molecule has 0 fully saturated rings. The van der Waals surface area contributed by atoms with Crippen molar-refractivity contribution in [2.24, 2.45) is 7.05 Å². The van der Waals surface area contributed by atoms with Crippen LogP contribution in [0.4, 0.5) is 0 Å². The summed E-state index contributed by atoms with van der Waals surface area (Å²) in [6.45, 7) is 0.675. The fourth-order valence-corrected chi connectivity index (χ4v) is 2.29. The molecule has 0 unspecified atom stereocenters. The molecule has 0 aliphatic rings. The van der Waals surface area contributed by atoms with Gasteiger partial charge in [0.2, 0.25) is 0 Å². The second-order valence-corrected chi connectivity index (χ2v) is 4.98. The van der Waals surface area contributed by atoms with E-state index in [0.717, 1.165) is 28.8 Å². The SMILES string of the molecule is COc1ccc(OCCSCc2ncnn2C)cc1. The Bertz CT molecular complexity index is 499. The Morgan fingerprint density at radius 2 is 1.95 bits per heavy atom. The maximum Gasteiger partial charge on any atom is 0.138 e. The number of rotatable bonds is 7. The normalized spacial score (nSPS) is 10.4. The van der Waals surface area contributed by atoms with Gasteiger partial charge in [0.15, 0.2) is 0 Å². The lowest BCUT2D eigenvalue weighted by atomic mass is 10.3. The lowest BCUT2D eigenvalue weighted by molar-refractivity contribution is 0.342. The molecule has 0 saturated heterocycles. The van der Waals surface area contributed by atoms with Crippen LogP contribution in [0.1, 0.15) is 5.82 Å². The van der Waals surface area contributed by atoms with Crippen molar-refractivity contribution in [2.45, 2.75) is 5.75 Å². The number of hydrogen-bond acceptors (Lipinski definition) is 5. The number of hydrogen-bond donors (Lipinski definition) is 0. The zero-order valence-corrected chi connectivity index (χ0v) is 11.9. The molecule has 0 atom stereocenters. The van der Waals surface area contributed by atoms with E-state index in [9.17, 15) is 0 Å². The summed E-state index contributed by atoms with van der Waals surface area (Å²) >= 11 is 1.78. The highest BCUT2D eigenvalue weighted by Crippen LogP contribution is 2.17. The van der Waals surface area contributed by atoms with Gasteiger partial charge in [-0.1, -0.05) is 0 Å². The minimum absolute atomic E-state index is 0.675. The monoisotopic (exact) mass is 279 g/mol. The van der Waals surface area contributed by atoms with Gasteiger partial charge >= 0.3 is 0 Å². The van der Waals surface area contributed by atoms with Crippen LogP contribution in [0.5, 0.6) is 11.5 Å². The van der Waals surface area contributed by atoms with E-state index in [2.05, 4.69) is 10.1 Å². The van der Waals surface area contributed by atoms with Crippen molar-refractivity contribution in [3.8, 4) is 11.5 Å². The van der Waals surface area contributed by atoms with Crippen LogP contribution in [0.3, 0.4) is 0 Å². The maximum absolute atomic E-state index is 5.64. The Labute approximate surface area is 116 Å². The summed E-state index contributed by atoms with van der Waals surface area (Å²) in [5.41, 5.74) is 0. The second-order valence-electron chi connectivity index (χ2n) is 3.88. The van der Waals surface area contributed by atoms with Gasteiger partial charge in [-0.2, -0.15) is 16.9 Å². The number of ether oxygens (including phenoxy) is 2. The molecule has 1 aromatic carbocycles. The summed E-state index contributed by atoms with van der Waals surface area (Å²) in [4.78, 5) is 4.17. The molecule has 0 radical (unpaired) electrons. The van der Waals surface area contributed by atoms with Crippen LogP contribution in [-0.4, -0.2) is 34.2 Å². The number of methoxy groups -OCH3 is 1. The predicted molar refractivity (Wildman–Crippen MR) is 75.7 cm³/mol. The van der Waals surface area contributed by atoms with Crippen LogP contribution < -0.4 is 9.47 Å². The second kappa shape index (κ2) is 7.04. The fourth-order valence-electron chi connectivity index (χ4n) is 1.50. The summed E-state index contributed by atoms with van der Waals surface area (Å²) in [7, 11) is 3.55. The van der Waals surface area contributed by atoms with Crippen LogP contribution in [-0.2, 0) is 12.8 Å². The maximum atomic E-state index is 5.64. The minimum Gasteiger partial charge on any atom is -0.497 e. The van der Waals surface area contributed by atoms with Gasteiger partial charge in [-0.05, 0) is 24.3 Å². The highest BCUT2D eigenvalue weighted by atomic mass is 32.2. The van der Waals surface area contributed by atoms with E-state index in [4.69, 9.17) is 9.47 Å². The Morgan fingerprint density at radius 1 is 1.21 bits per heavy atom. The van der Waals surface area contributed by atoms with Crippen LogP contribution >= 0.6 is 11.8 Å². The van der Waals surface area contributed by atoms with Gasteiger partial charge in [-0.3, -0.25) is 4.68 Å². The highest BCUT2D eigenvalue weighted by Gasteiger charge is 2.00. The Kier molecular flexibility index (Phi) is 5.09. The van der Waals surface area contributed by atoms with Gasteiger partial charge in [0.05, 0.1) is 19.5 Å². The van der Waals surface area contributed by atoms with E-state index >= 15 is 0 Å². The van der Waals surface area contributed by atoms with Gasteiger partial charge in [0.25, 0.3) is 0 Å².